The third-order valence-electron chi connectivity index (χ3n) is 1.68. The van der Waals surface area contributed by atoms with Gasteiger partial charge in [-0.2, -0.15) is 0 Å². The second-order valence-corrected chi connectivity index (χ2v) is 4.08. The highest BCUT2D eigenvalue weighted by atomic mass is 79.9. The van der Waals surface area contributed by atoms with Crippen LogP contribution in [0.2, 0.25) is 0 Å². The molecule has 1 aromatic rings. The number of halogens is 1. The number of allylic oxidation sites excluding steroid dienone is 3. The molecule has 0 aromatic heterocycles. The maximum atomic E-state index is 4.02. The third-order valence-corrected chi connectivity index (χ3v) is 2.37. The van der Waals surface area contributed by atoms with Crippen molar-refractivity contribution in [2.24, 2.45) is 0 Å². The van der Waals surface area contributed by atoms with Crippen LogP contribution in [0.3, 0.4) is 0 Å². The highest BCUT2D eigenvalue weighted by molar-refractivity contribution is 9.10. The molecule has 0 spiro atoms. The Morgan fingerprint density at radius 2 is 1.92 bits per heavy atom. The second-order valence-electron chi connectivity index (χ2n) is 3.23. The van der Waals surface area contributed by atoms with E-state index in [2.05, 4.69) is 48.5 Å². The molecule has 0 heterocycles. The zero-order valence-corrected chi connectivity index (χ0v) is 9.56. The standard InChI is InChI=1S/C12H13Br/c1-9(2)8-10(3)11-6-4-5-7-12(11)13/h4-8H,3H2,1-2H3. The Kier molecular flexibility index (Phi) is 3.49. The number of hydrogen-bond donors (Lipinski definition) is 0. The Morgan fingerprint density at radius 1 is 1.31 bits per heavy atom. The molecule has 0 fully saturated rings. The van der Waals surface area contributed by atoms with Gasteiger partial charge in [0, 0.05) is 4.47 Å². The molecule has 13 heavy (non-hydrogen) atoms. The fraction of sp³-hybridized carbons (Fsp3) is 0.167. The van der Waals surface area contributed by atoms with E-state index in [0.29, 0.717) is 0 Å². The summed E-state index contributed by atoms with van der Waals surface area (Å²) in [4.78, 5) is 0. The van der Waals surface area contributed by atoms with Gasteiger partial charge in [-0.15, -0.1) is 0 Å². The van der Waals surface area contributed by atoms with E-state index in [1.165, 1.54) is 5.57 Å². The van der Waals surface area contributed by atoms with Crippen molar-refractivity contribution in [3.63, 3.8) is 0 Å². The average Bonchev–Trinajstić information content (AvgIpc) is 2.03. The van der Waals surface area contributed by atoms with Gasteiger partial charge in [0.05, 0.1) is 0 Å². The van der Waals surface area contributed by atoms with Crippen molar-refractivity contribution in [2.45, 2.75) is 13.8 Å². The molecule has 0 nitrogen and oxygen atoms in total. The van der Waals surface area contributed by atoms with Crippen LogP contribution in [-0.2, 0) is 0 Å². The van der Waals surface area contributed by atoms with Gasteiger partial charge in [-0.25, -0.2) is 0 Å². The number of hydrogen-bond acceptors (Lipinski definition) is 0. The van der Waals surface area contributed by atoms with Crippen LogP contribution >= 0.6 is 15.9 Å². The van der Waals surface area contributed by atoms with E-state index in [1.807, 2.05) is 18.2 Å². The number of benzene rings is 1. The predicted octanol–water partition coefficient (Wildman–Crippen LogP) is 4.43. The van der Waals surface area contributed by atoms with Crippen molar-refractivity contribution >= 4 is 21.5 Å². The second kappa shape index (κ2) is 4.43. The maximum absolute atomic E-state index is 4.02. The molecule has 0 saturated carbocycles. The lowest BCUT2D eigenvalue weighted by atomic mass is 10.1. The Balaban J connectivity index is 3.03. The quantitative estimate of drug-likeness (QED) is 0.667. The van der Waals surface area contributed by atoms with Gasteiger partial charge in [0.25, 0.3) is 0 Å². The molecule has 0 amide bonds. The summed E-state index contributed by atoms with van der Waals surface area (Å²) >= 11 is 3.50. The van der Waals surface area contributed by atoms with Gasteiger partial charge in [0.15, 0.2) is 0 Å². The molecule has 0 bridgehead atoms. The molecule has 0 aliphatic heterocycles. The molecule has 1 heteroatoms. The molecule has 0 radical (unpaired) electrons. The summed E-state index contributed by atoms with van der Waals surface area (Å²) in [6.45, 7) is 8.16. The van der Waals surface area contributed by atoms with Crippen molar-refractivity contribution < 1.29 is 0 Å². The van der Waals surface area contributed by atoms with Crippen molar-refractivity contribution in [1.82, 2.24) is 0 Å². The fourth-order valence-corrected chi connectivity index (χ4v) is 1.69. The molecule has 0 atom stereocenters. The van der Waals surface area contributed by atoms with E-state index in [-0.39, 0.29) is 0 Å². The third kappa shape index (κ3) is 2.85. The minimum Gasteiger partial charge on any atom is -0.0911 e. The molecule has 1 rings (SSSR count). The molecule has 1 aromatic carbocycles. The molecule has 68 valence electrons. The lowest BCUT2D eigenvalue weighted by molar-refractivity contribution is 1.39. The van der Waals surface area contributed by atoms with E-state index in [0.717, 1.165) is 15.6 Å². The highest BCUT2D eigenvalue weighted by Gasteiger charge is 1.99. The van der Waals surface area contributed by atoms with Crippen LogP contribution in [0.25, 0.3) is 5.57 Å². The van der Waals surface area contributed by atoms with E-state index >= 15 is 0 Å². The molecule has 0 saturated heterocycles. The summed E-state index contributed by atoms with van der Waals surface area (Å²) in [5.74, 6) is 0. The minimum absolute atomic E-state index is 1.05. The summed E-state index contributed by atoms with van der Waals surface area (Å²) in [6, 6.07) is 8.11. The topological polar surface area (TPSA) is 0 Å². The van der Waals surface area contributed by atoms with Gasteiger partial charge in [0.1, 0.15) is 0 Å². The predicted molar refractivity (Wildman–Crippen MR) is 62.6 cm³/mol. The molecule has 0 aliphatic rings. The first kappa shape index (κ1) is 10.3. The SMILES string of the molecule is C=C(C=C(C)C)c1ccccc1Br. The van der Waals surface area contributed by atoms with E-state index in [4.69, 9.17) is 0 Å². The van der Waals surface area contributed by atoms with Gasteiger partial charge >= 0.3 is 0 Å². The molecule has 0 aliphatic carbocycles. The van der Waals surface area contributed by atoms with Crippen LogP contribution < -0.4 is 0 Å². The summed E-state index contributed by atoms with van der Waals surface area (Å²) in [5.41, 5.74) is 3.47. The Labute approximate surface area is 88.1 Å². The summed E-state index contributed by atoms with van der Waals surface area (Å²) in [7, 11) is 0. The molecule has 0 N–H and O–H groups in total. The van der Waals surface area contributed by atoms with Crippen molar-refractivity contribution in [3.05, 3.63) is 52.5 Å². The molecular formula is C12H13Br. The average molecular weight is 237 g/mol. The summed E-state index contributed by atoms with van der Waals surface area (Å²) in [6.07, 6.45) is 2.08. The monoisotopic (exact) mass is 236 g/mol. The Morgan fingerprint density at radius 3 is 2.46 bits per heavy atom. The lowest BCUT2D eigenvalue weighted by Gasteiger charge is -2.03. The smallest absolute Gasteiger partial charge is 0.0253 e. The van der Waals surface area contributed by atoms with Crippen molar-refractivity contribution in [2.75, 3.05) is 0 Å². The van der Waals surface area contributed by atoms with Crippen LogP contribution in [0.15, 0.2) is 47.0 Å². The first-order valence-electron chi connectivity index (χ1n) is 4.20. The Hall–Kier alpha value is -0.820. The lowest BCUT2D eigenvalue weighted by Crippen LogP contribution is -1.81. The minimum atomic E-state index is 1.05. The zero-order valence-electron chi connectivity index (χ0n) is 7.97. The van der Waals surface area contributed by atoms with E-state index < -0.39 is 0 Å². The van der Waals surface area contributed by atoms with Gasteiger partial charge < -0.3 is 0 Å². The van der Waals surface area contributed by atoms with E-state index in [1.54, 1.807) is 0 Å². The summed E-state index contributed by atoms with van der Waals surface area (Å²) < 4.78 is 1.09. The van der Waals surface area contributed by atoms with Gasteiger partial charge in [-0.3, -0.25) is 0 Å². The fourth-order valence-electron chi connectivity index (χ4n) is 1.15. The van der Waals surface area contributed by atoms with Gasteiger partial charge in [-0.1, -0.05) is 52.4 Å². The number of rotatable bonds is 2. The largest absolute Gasteiger partial charge is 0.0911 e. The Bertz CT molecular complexity index is 344. The van der Waals surface area contributed by atoms with Crippen molar-refractivity contribution in [1.29, 1.82) is 0 Å². The zero-order chi connectivity index (χ0) is 9.84. The highest BCUT2D eigenvalue weighted by Crippen LogP contribution is 2.24. The normalized spacial score (nSPS) is 9.46. The van der Waals surface area contributed by atoms with Crippen LogP contribution in [0, 0.1) is 0 Å². The molecule has 0 unspecified atom stereocenters. The maximum Gasteiger partial charge on any atom is 0.0253 e. The first-order valence-corrected chi connectivity index (χ1v) is 4.99. The first-order chi connectivity index (χ1) is 6.11. The van der Waals surface area contributed by atoms with Crippen LogP contribution in [-0.4, -0.2) is 0 Å². The van der Waals surface area contributed by atoms with Crippen molar-refractivity contribution in [3.8, 4) is 0 Å². The van der Waals surface area contributed by atoms with Crippen LogP contribution in [0.1, 0.15) is 19.4 Å². The summed E-state index contributed by atoms with van der Waals surface area (Å²) in [5, 5.41) is 0. The van der Waals surface area contributed by atoms with Crippen LogP contribution in [0.4, 0.5) is 0 Å². The van der Waals surface area contributed by atoms with Crippen LogP contribution in [0.5, 0.6) is 0 Å². The molecular weight excluding hydrogens is 224 g/mol. The van der Waals surface area contributed by atoms with Gasteiger partial charge in [0.2, 0.25) is 0 Å². The van der Waals surface area contributed by atoms with E-state index in [9.17, 15) is 0 Å². The van der Waals surface area contributed by atoms with Gasteiger partial charge in [-0.05, 0) is 31.1 Å².